The summed E-state index contributed by atoms with van der Waals surface area (Å²) in [7, 11) is 0. The maximum absolute atomic E-state index is 14.4. The second-order valence-electron chi connectivity index (χ2n) is 23.2. The quantitative estimate of drug-likeness (QED) is 0.102. The van der Waals surface area contributed by atoms with Gasteiger partial charge in [0.1, 0.15) is 18.3 Å². The van der Waals surface area contributed by atoms with Crippen molar-refractivity contribution in [3.8, 4) is 0 Å². The molecular formula is C57H75N3O6. The minimum Gasteiger partial charge on any atom is -0.459 e. The molecule has 0 unspecified atom stereocenters. The standard InChI is InChI=1S/C57H75N3O6/c1-52(2)31-46(32-53(3,4)58(52)37-40-22-16-13-17-23-40)64-49(61)43-28-44(50(62)65-47-33-54(5,6)59(55(7,8)34-47)38-41-24-18-14-19-25-41)30-45(29-43)51(63)66-48-35-56(9,10)60(57(11,12)36-48)39-42-26-20-15-21-27-42/h13-30,46-48H,31-39H2,1-12H3. The molecule has 7 rings (SSSR count). The number of carbonyl (C=O) groups excluding carboxylic acids is 3. The molecule has 0 spiro atoms. The van der Waals surface area contributed by atoms with E-state index in [1.807, 2.05) is 18.2 Å². The Morgan fingerprint density at radius 2 is 0.576 bits per heavy atom. The van der Waals surface area contributed by atoms with E-state index in [-0.39, 0.29) is 49.9 Å². The number of hydrogen-bond acceptors (Lipinski definition) is 9. The summed E-state index contributed by atoms with van der Waals surface area (Å²) in [6.07, 6.45) is 2.54. The number of esters is 3. The fourth-order valence-corrected chi connectivity index (χ4v) is 12.2. The van der Waals surface area contributed by atoms with Gasteiger partial charge in [0.25, 0.3) is 0 Å². The predicted octanol–water partition coefficient (Wildman–Crippen LogP) is 11.8. The van der Waals surface area contributed by atoms with Crippen LogP contribution in [0.25, 0.3) is 0 Å². The van der Waals surface area contributed by atoms with Crippen LogP contribution in [0.15, 0.2) is 109 Å². The number of hydrogen-bond donors (Lipinski definition) is 0. The minimum atomic E-state index is -0.584. The van der Waals surface area contributed by atoms with E-state index in [1.54, 1.807) is 0 Å². The van der Waals surface area contributed by atoms with E-state index in [4.69, 9.17) is 14.2 Å². The van der Waals surface area contributed by atoms with Gasteiger partial charge < -0.3 is 14.2 Å². The number of nitrogens with zero attached hydrogens (tertiary/aromatic N) is 3. The minimum absolute atomic E-state index is 0.121. The lowest BCUT2D eigenvalue weighted by Gasteiger charge is -2.55. The first kappa shape index (κ1) is 49.1. The largest absolute Gasteiger partial charge is 0.459 e. The molecular weight excluding hydrogens is 823 g/mol. The maximum Gasteiger partial charge on any atom is 0.338 e. The van der Waals surface area contributed by atoms with E-state index in [0.29, 0.717) is 38.5 Å². The zero-order valence-corrected chi connectivity index (χ0v) is 41.8. The maximum atomic E-state index is 14.4. The van der Waals surface area contributed by atoms with Crippen molar-refractivity contribution in [2.75, 3.05) is 0 Å². The third kappa shape index (κ3) is 11.3. The molecule has 0 bridgehead atoms. The summed E-state index contributed by atoms with van der Waals surface area (Å²) in [5.74, 6) is -1.75. The number of rotatable bonds is 12. The first-order chi connectivity index (χ1) is 30.8. The molecule has 0 N–H and O–H groups in total. The van der Waals surface area contributed by atoms with E-state index in [1.165, 1.54) is 34.9 Å². The molecule has 0 amide bonds. The zero-order chi connectivity index (χ0) is 47.9. The van der Waals surface area contributed by atoms with Crippen LogP contribution >= 0.6 is 0 Å². The van der Waals surface area contributed by atoms with E-state index >= 15 is 0 Å². The lowest BCUT2D eigenvalue weighted by molar-refractivity contribution is -0.0924. The second-order valence-corrected chi connectivity index (χ2v) is 23.2. The number of likely N-dealkylation sites (tertiary alicyclic amines) is 3. The predicted molar refractivity (Wildman–Crippen MR) is 262 cm³/mol. The molecule has 3 heterocycles. The van der Waals surface area contributed by atoms with E-state index < -0.39 is 36.2 Å². The summed E-state index contributed by atoms with van der Waals surface area (Å²) >= 11 is 0. The molecule has 3 saturated heterocycles. The van der Waals surface area contributed by atoms with Gasteiger partial charge >= 0.3 is 17.9 Å². The number of carbonyl (C=O) groups is 3. The Balaban J connectivity index is 1.13. The summed E-state index contributed by atoms with van der Waals surface area (Å²) < 4.78 is 19.1. The molecule has 9 heteroatoms. The van der Waals surface area contributed by atoms with Gasteiger partial charge in [-0.3, -0.25) is 14.7 Å². The molecule has 0 saturated carbocycles. The normalized spacial score (nSPS) is 22.0. The molecule has 0 radical (unpaired) electrons. The monoisotopic (exact) mass is 898 g/mol. The van der Waals surface area contributed by atoms with Gasteiger partial charge in [-0.15, -0.1) is 0 Å². The van der Waals surface area contributed by atoms with Crippen LogP contribution in [-0.4, -0.2) is 84.2 Å². The highest BCUT2D eigenvalue weighted by Crippen LogP contribution is 2.44. The molecule has 3 fully saturated rings. The fraction of sp³-hybridized carbons (Fsp3) is 0.526. The number of benzene rings is 4. The van der Waals surface area contributed by atoms with Crippen molar-refractivity contribution in [1.82, 2.24) is 14.7 Å². The Morgan fingerprint density at radius 1 is 0.379 bits per heavy atom. The highest BCUT2D eigenvalue weighted by molar-refractivity contribution is 6.00. The lowest BCUT2D eigenvalue weighted by atomic mass is 9.77. The van der Waals surface area contributed by atoms with E-state index in [2.05, 4.69) is 171 Å². The number of piperidine rings is 3. The van der Waals surface area contributed by atoms with Gasteiger partial charge in [0.2, 0.25) is 0 Å². The van der Waals surface area contributed by atoms with Gasteiger partial charge in [-0.25, -0.2) is 14.4 Å². The zero-order valence-electron chi connectivity index (χ0n) is 41.8. The van der Waals surface area contributed by atoms with Gasteiger partial charge in [-0.05, 0) is 118 Å². The van der Waals surface area contributed by atoms with Gasteiger partial charge in [-0.1, -0.05) is 91.0 Å². The highest BCUT2D eigenvalue weighted by atomic mass is 16.6. The van der Waals surface area contributed by atoms with Crippen molar-refractivity contribution >= 4 is 17.9 Å². The van der Waals surface area contributed by atoms with Gasteiger partial charge in [0.05, 0.1) is 16.7 Å². The Morgan fingerprint density at radius 3 is 0.773 bits per heavy atom. The summed E-state index contributed by atoms with van der Waals surface area (Å²) in [6, 6.07) is 35.9. The molecule has 3 aliphatic rings. The highest BCUT2D eigenvalue weighted by Gasteiger charge is 2.49. The van der Waals surface area contributed by atoms with Crippen LogP contribution in [0.5, 0.6) is 0 Å². The third-order valence-electron chi connectivity index (χ3n) is 14.8. The smallest absolute Gasteiger partial charge is 0.338 e. The molecule has 0 atom stereocenters. The Hall–Kier alpha value is -4.83. The average Bonchev–Trinajstić information content (AvgIpc) is 3.22. The third-order valence-corrected chi connectivity index (χ3v) is 14.8. The van der Waals surface area contributed by atoms with Crippen molar-refractivity contribution in [3.05, 3.63) is 143 Å². The van der Waals surface area contributed by atoms with Crippen LogP contribution < -0.4 is 0 Å². The fourth-order valence-electron chi connectivity index (χ4n) is 12.2. The molecule has 4 aromatic rings. The first-order valence-electron chi connectivity index (χ1n) is 24.1. The number of ether oxygens (including phenoxy) is 3. The van der Waals surface area contributed by atoms with Crippen LogP contribution in [-0.2, 0) is 33.8 Å². The van der Waals surface area contributed by atoms with Crippen molar-refractivity contribution < 1.29 is 28.6 Å². The van der Waals surface area contributed by atoms with Crippen LogP contribution in [0.4, 0.5) is 0 Å². The van der Waals surface area contributed by atoms with Gasteiger partial charge in [0.15, 0.2) is 0 Å². The lowest BCUT2D eigenvalue weighted by Crippen LogP contribution is -2.61. The molecule has 66 heavy (non-hydrogen) atoms. The summed E-state index contributed by atoms with van der Waals surface area (Å²) in [4.78, 5) is 50.7. The van der Waals surface area contributed by atoms with E-state index in [0.717, 1.165) is 19.6 Å². The van der Waals surface area contributed by atoms with Gasteiger partial charge in [-0.2, -0.15) is 0 Å². The van der Waals surface area contributed by atoms with Crippen molar-refractivity contribution in [2.45, 2.75) is 193 Å². The summed E-state index contributed by atoms with van der Waals surface area (Å²) in [6.45, 7) is 28.7. The Kier molecular flexibility index (Phi) is 13.9. The molecule has 4 aromatic carbocycles. The molecule has 9 nitrogen and oxygen atoms in total. The van der Waals surface area contributed by atoms with E-state index in [9.17, 15) is 14.4 Å². The van der Waals surface area contributed by atoms with Crippen molar-refractivity contribution in [3.63, 3.8) is 0 Å². The van der Waals surface area contributed by atoms with Crippen LogP contribution in [0.3, 0.4) is 0 Å². The van der Waals surface area contributed by atoms with Crippen LogP contribution in [0.2, 0.25) is 0 Å². The van der Waals surface area contributed by atoms with Crippen LogP contribution in [0, 0.1) is 0 Å². The second kappa shape index (κ2) is 18.7. The van der Waals surface area contributed by atoms with Gasteiger partial charge in [0, 0.05) is 91.4 Å². The van der Waals surface area contributed by atoms with Crippen LogP contribution in [0.1, 0.15) is 169 Å². The molecule has 0 aromatic heterocycles. The SMILES string of the molecule is CC1(C)CC(OC(=O)c2cc(C(=O)OC3CC(C)(C)N(Cc4ccccc4)C(C)(C)C3)cc(C(=O)OC3CC(C)(C)N(Cc4ccccc4)C(C)(C)C3)c2)CC(C)(C)N1Cc1ccccc1. The Labute approximate surface area is 395 Å². The molecule has 3 aliphatic heterocycles. The molecule has 354 valence electrons. The molecule has 0 aliphatic carbocycles. The van der Waals surface area contributed by atoms with Crippen molar-refractivity contribution in [2.24, 2.45) is 0 Å². The Bertz CT molecular complexity index is 2010. The first-order valence-corrected chi connectivity index (χ1v) is 24.1. The van der Waals surface area contributed by atoms with Crippen molar-refractivity contribution in [1.29, 1.82) is 0 Å². The average molecular weight is 898 g/mol. The topological polar surface area (TPSA) is 88.6 Å². The summed E-state index contributed by atoms with van der Waals surface area (Å²) in [5.41, 5.74) is 2.30. The summed E-state index contributed by atoms with van der Waals surface area (Å²) in [5, 5.41) is 0.